The molecule has 0 saturated carbocycles. The first-order valence-electron chi connectivity index (χ1n) is 7.05. The van der Waals surface area contributed by atoms with Crippen molar-refractivity contribution in [1.29, 1.82) is 0 Å². The molecule has 2 unspecified atom stereocenters. The van der Waals surface area contributed by atoms with Crippen LogP contribution in [0.25, 0.3) is 0 Å². The Kier molecular flexibility index (Phi) is 6.02. The molecule has 2 atom stereocenters. The molecule has 2 aliphatic heterocycles. The van der Waals surface area contributed by atoms with Gasteiger partial charge in [0.25, 0.3) is 0 Å². The lowest BCUT2D eigenvalue weighted by Gasteiger charge is -2.39. The van der Waals surface area contributed by atoms with Crippen LogP contribution in [0.4, 0.5) is 0 Å². The first kappa shape index (κ1) is 14.9. The summed E-state index contributed by atoms with van der Waals surface area (Å²) in [6.07, 6.45) is 2.65. The number of hydrogen-bond donors (Lipinski definition) is 0. The van der Waals surface area contributed by atoms with Crippen molar-refractivity contribution in [3.8, 4) is 0 Å². The van der Waals surface area contributed by atoms with Crippen molar-refractivity contribution in [3.05, 3.63) is 0 Å². The Morgan fingerprint density at radius 3 is 2.17 bits per heavy atom. The molecule has 0 spiro atoms. The fourth-order valence-electron chi connectivity index (χ4n) is 2.91. The summed E-state index contributed by atoms with van der Waals surface area (Å²) < 4.78 is 0. The van der Waals surface area contributed by atoms with E-state index in [2.05, 4.69) is 21.7 Å². The molecule has 5 heteroatoms. The van der Waals surface area contributed by atoms with Crippen LogP contribution < -0.4 is 0 Å². The van der Waals surface area contributed by atoms with Crippen molar-refractivity contribution in [1.82, 2.24) is 14.7 Å². The lowest BCUT2D eigenvalue weighted by Crippen LogP contribution is -2.54. The van der Waals surface area contributed by atoms with Crippen molar-refractivity contribution < 1.29 is 0 Å². The topological polar surface area (TPSA) is 9.72 Å². The van der Waals surface area contributed by atoms with Crippen molar-refractivity contribution >= 4 is 23.2 Å². The molecule has 2 saturated heterocycles. The molecule has 18 heavy (non-hydrogen) atoms. The third kappa shape index (κ3) is 3.97. The van der Waals surface area contributed by atoms with Gasteiger partial charge in [0, 0.05) is 44.6 Å². The van der Waals surface area contributed by atoms with Gasteiger partial charge in [-0.3, -0.25) is 4.90 Å². The Morgan fingerprint density at radius 2 is 1.61 bits per heavy atom. The van der Waals surface area contributed by atoms with E-state index in [1.807, 2.05) is 0 Å². The van der Waals surface area contributed by atoms with E-state index in [1.165, 1.54) is 25.9 Å². The van der Waals surface area contributed by atoms with Crippen LogP contribution in [0.1, 0.15) is 12.8 Å². The van der Waals surface area contributed by atoms with E-state index in [0.29, 0.717) is 11.9 Å². The van der Waals surface area contributed by atoms with Crippen molar-refractivity contribution in [3.63, 3.8) is 0 Å². The van der Waals surface area contributed by atoms with Gasteiger partial charge in [-0.25, -0.2) is 0 Å². The van der Waals surface area contributed by atoms with Crippen LogP contribution >= 0.6 is 23.2 Å². The molecule has 0 aliphatic carbocycles. The van der Waals surface area contributed by atoms with Gasteiger partial charge in [0.05, 0.1) is 5.38 Å². The minimum atomic E-state index is 0.156. The zero-order valence-corrected chi connectivity index (χ0v) is 12.8. The minimum Gasteiger partial charge on any atom is -0.304 e. The zero-order chi connectivity index (χ0) is 13.0. The Hall–Kier alpha value is 0.460. The SMILES string of the molecule is CN1CCN(C(CCl)C(Cl)CN2CCCC2)CC1. The molecule has 0 amide bonds. The fraction of sp³-hybridized carbons (Fsp3) is 1.00. The molecule has 3 nitrogen and oxygen atoms in total. The largest absolute Gasteiger partial charge is 0.304 e. The second-order valence-corrected chi connectivity index (χ2v) is 6.45. The lowest BCUT2D eigenvalue weighted by atomic mass is 10.1. The quantitative estimate of drug-likeness (QED) is 0.712. The first-order valence-corrected chi connectivity index (χ1v) is 8.03. The van der Waals surface area contributed by atoms with E-state index in [4.69, 9.17) is 23.2 Å². The molecule has 0 aromatic carbocycles. The number of piperazine rings is 1. The zero-order valence-electron chi connectivity index (χ0n) is 11.3. The number of halogens is 2. The molecule has 2 heterocycles. The molecule has 2 rings (SSSR count). The average Bonchev–Trinajstić information content (AvgIpc) is 2.85. The summed E-state index contributed by atoms with van der Waals surface area (Å²) in [5.74, 6) is 0.645. The van der Waals surface area contributed by atoms with Crippen LogP contribution in [0.5, 0.6) is 0 Å². The molecular formula is C13H25Cl2N3. The molecule has 0 aromatic heterocycles. The predicted octanol–water partition coefficient (Wildman–Crippen LogP) is 1.54. The van der Waals surface area contributed by atoms with E-state index in [-0.39, 0.29) is 5.38 Å². The third-order valence-corrected chi connectivity index (χ3v) is 4.96. The van der Waals surface area contributed by atoms with Gasteiger partial charge in [0.1, 0.15) is 0 Å². The summed E-state index contributed by atoms with van der Waals surface area (Å²) in [4.78, 5) is 7.32. The maximum absolute atomic E-state index is 6.62. The molecule has 0 radical (unpaired) electrons. The Bertz CT molecular complexity index is 238. The number of nitrogens with zero attached hydrogens (tertiary/aromatic N) is 3. The van der Waals surface area contributed by atoms with Gasteiger partial charge >= 0.3 is 0 Å². The Balaban J connectivity index is 1.82. The van der Waals surface area contributed by atoms with Crippen molar-refractivity contribution in [2.75, 3.05) is 58.7 Å². The van der Waals surface area contributed by atoms with Gasteiger partial charge in [0.15, 0.2) is 0 Å². The first-order chi connectivity index (χ1) is 8.70. The van der Waals surface area contributed by atoms with E-state index < -0.39 is 0 Å². The molecule has 0 aromatic rings. The monoisotopic (exact) mass is 293 g/mol. The standard InChI is InChI=1S/C13H25Cl2N3/c1-16-6-8-18(9-7-16)13(10-14)12(15)11-17-4-2-3-5-17/h12-13H,2-11H2,1H3. The number of likely N-dealkylation sites (N-methyl/N-ethyl adjacent to an activating group) is 1. The molecule has 2 fully saturated rings. The van der Waals surface area contributed by atoms with Gasteiger partial charge in [0.2, 0.25) is 0 Å². The highest BCUT2D eigenvalue weighted by Gasteiger charge is 2.29. The van der Waals surface area contributed by atoms with Crippen LogP contribution in [0.3, 0.4) is 0 Å². The molecule has 2 aliphatic rings. The summed E-state index contributed by atoms with van der Waals surface area (Å²) in [6, 6.07) is 0.322. The summed E-state index contributed by atoms with van der Waals surface area (Å²) in [5, 5.41) is 0.156. The summed E-state index contributed by atoms with van der Waals surface area (Å²) in [5.41, 5.74) is 0. The molecule has 0 bridgehead atoms. The summed E-state index contributed by atoms with van der Waals surface area (Å²) in [6.45, 7) is 7.85. The van der Waals surface area contributed by atoms with E-state index >= 15 is 0 Å². The summed E-state index contributed by atoms with van der Waals surface area (Å²) >= 11 is 12.8. The van der Waals surface area contributed by atoms with Crippen molar-refractivity contribution in [2.24, 2.45) is 0 Å². The Labute approximate surface area is 121 Å². The smallest absolute Gasteiger partial charge is 0.0629 e. The van der Waals surface area contributed by atoms with Gasteiger partial charge in [-0.15, -0.1) is 23.2 Å². The molecule has 106 valence electrons. The molecule has 0 N–H and O–H groups in total. The highest BCUT2D eigenvalue weighted by molar-refractivity contribution is 6.23. The normalized spacial score (nSPS) is 27.5. The average molecular weight is 294 g/mol. The second-order valence-electron chi connectivity index (χ2n) is 5.58. The Morgan fingerprint density at radius 1 is 1.00 bits per heavy atom. The van der Waals surface area contributed by atoms with Crippen molar-refractivity contribution in [2.45, 2.75) is 24.3 Å². The van der Waals surface area contributed by atoms with Crippen LogP contribution in [0, 0.1) is 0 Å². The number of hydrogen-bond acceptors (Lipinski definition) is 3. The maximum Gasteiger partial charge on any atom is 0.0629 e. The third-order valence-electron chi connectivity index (χ3n) is 4.21. The van der Waals surface area contributed by atoms with Gasteiger partial charge in [-0.1, -0.05) is 0 Å². The van der Waals surface area contributed by atoms with Gasteiger partial charge in [-0.2, -0.15) is 0 Å². The van der Waals surface area contributed by atoms with E-state index in [9.17, 15) is 0 Å². The van der Waals surface area contributed by atoms with Crippen LogP contribution in [-0.2, 0) is 0 Å². The number of rotatable bonds is 5. The highest BCUT2D eigenvalue weighted by Crippen LogP contribution is 2.18. The second kappa shape index (κ2) is 7.30. The minimum absolute atomic E-state index is 0.156. The highest BCUT2D eigenvalue weighted by atomic mass is 35.5. The summed E-state index contributed by atoms with van der Waals surface area (Å²) in [7, 11) is 2.18. The van der Waals surface area contributed by atoms with Crippen LogP contribution in [-0.4, -0.2) is 84.9 Å². The van der Waals surface area contributed by atoms with E-state index in [1.54, 1.807) is 0 Å². The predicted molar refractivity (Wildman–Crippen MR) is 78.9 cm³/mol. The van der Waals surface area contributed by atoms with Crippen LogP contribution in [0.15, 0.2) is 0 Å². The molecular weight excluding hydrogens is 269 g/mol. The van der Waals surface area contributed by atoms with Crippen LogP contribution in [0.2, 0.25) is 0 Å². The lowest BCUT2D eigenvalue weighted by molar-refractivity contribution is 0.112. The van der Waals surface area contributed by atoms with Gasteiger partial charge < -0.3 is 9.80 Å². The maximum atomic E-state index is 6.62. The number of alkyl halides is 2. The van der Waals surface area contributed by atoms with Gasteiger partial charge in [-0.05, 0) is 33.0 Å². The fourth-order valence-corrected chi connectivity index (χ4v) is 3.86. The van der Waals surface area contributed by atoms with E-state index in [0.717, 1.165) is 32.7 Å². The number of likely N-dealkylation sites (tertiary alicyclic amines) is 1.